The van der Waals surface area contributed by atoms with E-state index >= 15 is 0 Å². The molecular weight excluding hydrogens is 255 g/mol. The summed E-state index contributed by atoms with van der Waals surface area (Å²) in [5, 5.41) is 15.3. The summed E-state index contributed by atoms with van der Waals surface area (Å²) in [4.78, 5) is 11.0. The Morgan fingerprint density at radius 3 is 2.83 bits per heavy atom. The van der Waals surface area contributed by atoms with E-state index in [0.29, 0.717) is 22.3 Å². The zero-order valence-corrected chi connectivity index (χ0v) is 10.6. The highest BCUT2D eigenvalue weighted by molar-refractivity contribution is 7.20. The van der Waals surface area contributed by atoms with Crippen LogP contribution in [0.4, 0.5) is 10.1 Å². The third kappa shape index (κ3) is 2.60. The molecule has 1 aromatic carbocycles. The number of hydrogen-bond donors (Lipinski definition) is 3. The smallest absolute Gasteiger partial charge is 0.345 e. The van der Waals surface area contributed by atoms with E-state index in [9.17, 15) is 9.18 Å². The number of benzene rings is 1. The largest absolute Gasteiger partial charge is 0.477 e. The molecule has 0 aliphatic heterocycles. The van der Waals surface area contributed by atoms with Crippen LogP contribution >= 0.6 is 11.3 Å². The molecule has 0 spiro atoms. The third-order valence-corrected chi connectivity index (χ3v) is 3.57. The van der Waals surface area contributed by atoms with Gasteiger partial charge in [-0.05, 0) is 25.2 Å². The molecule has 0 fully saturated rings. The summed E-state index contributed by atoms with van der Waals surface area (Å²) in [7, 11) is 1.84. The van der Waals surface area contributed by atoms with E-state index in [2.05, 4.69) is 10.6 Å². The Bertz CT molecular complexity index is 583. The molecule has 4 nitrogen and oxygen atoms in total. The molecule has 1 aromatic heterocycles. The van der Waals surface area contributed by atoms with E-state index in [1.807, 2.05) is 7.05 Å². The summed E-state index contributed by atoms with van der Waals surface area (Å²) in [5.74, 6) is -1.43. The number of halogens is 1. The highest BCUT2D eigenvalue weighted by Gasteiger charge is 2.12. The lowest BCUT2D eigenvalue weighted by Gasteiger charge is -2.06. The highest BCUT2D eigenvalue weighted by Crippen LogP contribution is 2.30. The fourth-order valence-electron chi connectivity index (χ4n) is 1.64. The summed E-state index contributed by atoms with van der Waals surface area (Å²) in [6.07, 6.45) is 0. The van der Waals surface area contributed by atoms with Gasteiger partial charge in [0.15, 0.2) is 0 Å². The van der Waals surface area contributed by atoms with E-state index < -0.39 is 11.8 Å². The summed E-state index contributed by atoms with van der Waals surface area (Å²) in [6, 6.07) is 4.52. The van der Waals surface area contributed by atoms with Gasteiger partial charge in [-0.2, -0.15) is 0 Å². The van der Waals surface area contributed by atoms with Gasteiger partial charge in [0.25, 0.3) is 0 Å². The van der Waals surface area contributed by atoms with E-state index in [-0.39, 0.29) is 4.88 Å². The lowest BCUT2D eigenvalue weighted by molar-refractivity contribution is 0.0702. The van der Waals surface area contributed by atoms with Gasteiger partial charge in [-0.1, -0.05) is 0 Å². The van der Waals surface area contributed by atoms with Crippen LogP contribution in [0.1, 0.15) is 9.67 Å². The molecule has 0 aliphatic rings. The maximum atomic E-state index is 13.8. The fourth-order valence-corrected chi connectivity index (χ4v) is 2.59. The molecule has 6 heteroatoms. The second kappa shape index (κ2) is 5.32. The Morgan fingerprint density at radius 1 is 1.39 bits per heavy atom. The molecule has 0 bridgehead atoms. The van der Waals surface area contributed by atoms with E-state index in [4.69, 9.17) is 5.11 Å². The van der Waals surface area contributed by atoms with Crippen molar-refractivity contribution in [1.82, 2.24) is 5.32 Å². The second-order valence-electron chi connectivity index (χ2n) is 3.82. The number of carboxylic acids is 1. The minimum Gasteiger partial charge on any atom is -0.477 e. The average Bonchev–Trinajstić information content (AvgIpc) is 2.74. The molecule has 3 N–H and O–H groups in total. The van der Waals surface area contributed by atoms with Gasteiger partial charge in [-0.3, -0.25) is 0 Å². The van der Waals surface area contributed by atoms with Gasteiger partial charge in [-0.25, -0.2) is 9.18 Å². The van der Waals surface area contributed by atoms with Gasteiger partial charge in [0, 0.05) is 28.9 Å². The SMILES string of the molecule is CNCCNc1cc(F)c2cc(C(=O)O)sc2c1. The summed E-state index contributed by atoms with van der Waals surface area (Å²) in [6.45, 7) is 1.45. The van der Waals surface area contributed by atoms with Crippen molar-refractivity contribution in [2.45, 2.75) is 0 Å². The van der Waals surface area contributed by atoms with Crippen LogP contribution in [0.3, 0.4) is 0 Å². The number of hydrogen-bond acceptors (Lipinski definition) is 4. The predicted octanol–water partition coefficient (Wildman–Crippen LogP) is 2.37. The Labute approximate surface area is 107 Å². The maximum Gasteiger partial charge on any atom is 0.345 e. The van der Waals surface area contributed by atoms with Gasteiger partial charge in [-0.15, -0.1) is 11.3 Å². The molecule has 0 aliphatic carbocycles. The fraction of sp³-hybridized carbons (Fsp3) is 0.250. The molecule has 18 heavy (non-hydrogen) atoms. The predicted molar refractivity (Wildman–Crippen MR) is 71.2 cm³/mol. The minimum atomic E-state index is -1.03. The van der Waals surface area contributed by atoms with Crippen LogP contribution in [-0.2, 0) is 0 Å². The van der Waals surface area contributed by atoms with Crippen molar-refractivity contribution in [2.75, 3.05) is 25.5 Å². The van der Waals surface area contributed by atoms with Crippen LogP contribution < -0.4 is 10.6 Å². The van der Waals surface area contributed by atoms with Gasteiger partial charge >= 0.3 is 5.97 Å². The lowest BCUT2D eigenvalue weighted by atomic mass is 10.2. The number of likely N-dealkylation sites (N-methyl/N-ethyl adjacent to an activating group) is 1. The molecule has 0 unspecified atom stereocenters. The van der Waals surface area contributed by atoms with Crippen LogP contribution in [0.25, 0.3) is 10.1 Å². The quantitative estimate of drug-likeness (QED) is 0.729. The van der Waals surface area contributed by atoms with Gasteiger partial charge in [0.1, 0.15) is 10.7 Å². The van der Waals surface area contributed by atoms with Crippen molar-refractivity contribution in [1.29, 1.82) is 0 Å². The molecule has 0 amide bonds. The summed E-state index contributed by atoms with van der Waals surface area (Å²) >= 11 is 1.08. The number of carbonyl (C=O) groups is 1. The lowest BCUT2D eigenvalue weighted by Crippen LogP contribution is -2.17. The number of nitrogens with one attached hydrogen (secondary N) is 2. The molecule has 0 radical (unpaired) electrons. The first-order valence-corrected chi connectivity index (χ1v) is 6.28. The zero-order valence-electron chi connectivity index (χ0n) is 9.79. The van der Waals surface area contributed by atoms with E-state index in [0.717, 1.165) is 17.9 Å². The van der Waals surface area contributed by atoms with Gasteiger partial charge in [0.05, 0.1) is 0 Å². The highest BCUT2D eigenvalue weighted by atomic mass is 32.1. The van der Waals surface area contributed by atoms with E-state index in [1.54, 1.807) is 6.07 Å². The molecule has 2 rings (SSSR count). The van der Waals surface area contributed by atoms with Crippen molar-refractivity contribution < 1.29 is 14.3 Å². The molecule has 96 valence electrons. The van der Waals surface area contributed by atoms with Crippen molar-refractivity contribution >= 4 is 33.1 Å². The first-order valence-electron chi connectivity index (χ1n) is 5.46. The Balaban J connectivity index is 2.32. The Hall–Kier alpha value is -1.66. The Kier molecular flexibility index (Phi) is 3.78. The molecule has 0 saturated carbocycles. The first-order chi connectivity index (χ1) is 8.61. The van der Waals surface area contributed by atoms with Crippen molar-refractivity contribution in [3.63, 3.8) is 0 Å². The van der Waals surface area contributed by atoms with Crippen LogP contribution in [0, 0.1) is 5.82 Å². The van der Waals surface area contributed by atoms with Gasteiger partial charge < -0.3 is 15.7 Å². The van der Waals surface area contributed by atoms with Crippen LogP contribution in [0.15, 0.2) is 18.2 Å². The normalized spacial score (nSPS) is 10.8. The standard InChI is InChI=1S/C12H13FN2O2S/c1-14-2-3-15-7-4-9(13)8-6-11(12(16)17)18-10(8)5-7/h4-6,14-15H,2-3H2,1H3,(H,16,17). The summed E-state index contributed by atoms with van der Waals surface area (Å²) in [5.41, 5.74) is 0.661. The molecular formula is C12H13FN2O2S. The van der Waals surface area contributed by atoms with Gasteiger partial charge in [0.2, 0.25) is 0 Å². The molecule has 1 heterocycles. The number of fused-ring (bicyclic) bond motifs is 1. The number of rotatable bonds is 5. The number of carboxylic acid groups (broad SMARTS) is 1. The minimum absolute atomic E-state index is 0.149. The molecule has 2 aromatic rings. The van der Waals surface area contributed by atoms with Crippen molar-refractivity contribution in [2.24, 2.45) is 0 Å². The van der Waals surface area contributed by atoms with Crippen LogP contribution in [0.2, 0.25) is 0 Å². The number of anilines is 1. The molecule has 0 saturated heterocycles. The van der Waals surface area contributed by atoms with Crippen molar-refractivity contribution in [3.05, 3.63) is 28.9 Å². The zero-order chi connectivity index (χ0) is 13.1. The average molecular weight is 268 g/mol. The summed E-state index contributed by atoms with van der Waals surface area (Å²) < 4.78 is 14.4. The Morgan fingerprint density at radius 2 is 2.17 bits per heavy atom. The van der Waals surface area contributed by atoms with Crippen LogP contribution in [-0.4, -0.2) is 31.2 Å². The maximum absolute atomic E-state index is 13.8. The second-order valence-corrected chi connectivity index (χ2v) is 4.90. The topological polar surface area (TPSA) is 61.4 Å². The third-order valence-electron chi connectivity index (χ3n) is 2.50. The van der Waals surface area contributed by atoms with Crippen molar-refractivity contribution in [3.8, 4) is 0 Å². The number of aromatic carboxylic acids is 1. The monoisotopic (exact) mass is 268 g/mol. The van der Waals surface area contributed by atoms with E-state index in [1.165, 1.54) is 12.1 Å². The molecule has 0 atom stereocenters. The number of thiophene rings is 1. The first kappa shape index (κ1) is 12.8. The van der Waals surface area contributed by atoms with Crippen LogP contribution in [0.5, 0.6) is 0 Å².